The smallest absolute Gasteiger partial charge is 0.333 e. The van der Waals surface area contributed by atoms with Crippen LogP contribution in [-0.2, 0) is 23.9 Å². The van der Waals surface area contributed by atoms with Crippen LogP contribution >= 0.6 is 0 Å². The van der Waals surface area contributed by atoms with Crippen molar-refractivity contribution >= 4 is 17.9 Å². The summed E-state index contributed by atoms with van der Waals surface area (Å²) in [5.41, 5.74) is 0.319. The van der Waals surface area contributed by atoms with E-state index in [0.717, 1.165) is 25.7 Å². The number of esters is 3. The summed E-state index contributed by atoms with van der Waals surface area (Å²) < 4.78 is 9.57. The van der Waals surface area contributed by atoms with Gasteiger partial charge in [-0.3, -0.25) is 9.59 Å². The summed E-state index contributed by atoms with van der Waals surface area (Å²) in [6.45, 7) is 5.12. The van der Waals surface area contributed by atoms with Crippen molar-refractivity contribution in [1.82, 2.24) is 0 Å². The minimum atomic E-state index is -0.556. The van der Waals surface area contributed by atoms with Gasteiger partial charge in [0, 0.05) is 18.4 Å². The van der Waals surface area contributed by atoms with Crippen LogP contribution in [0.15, 0.2) is 12.2 Å². The van der Waals surface area contributed by atoms with E-state index in [2.05, 4.69) is 6.58 Å². The van der Waals surface area contributed by atoms with Crippen LogP contribution in [-0.4, -0.2) is 24.5 Å². The molecular weight excluding hydrogens is 260 g/mol. The molecule has 5 heteroatoms. The predicted molar refractivity (Wildman–Crippen MR) is 72.7 cm³/mol. The maximum Gasteiger partial charge on any atom is 0.333 e. The Morgan fingerprint density at radius 1 is 1.15 bits per heavy atom. The molecular formula is C15H22O5. The quantitative estimate of drug-likeness (QED) is 0.310. The highest BCUT2D eigenvalue weighted by molar-refractivity contribution is 5.87. The molecule has 0 aromatic heterocycles. The molecule has 1 aliphatic carbocycles. The third kappa shape index (κ3) is 6.50. The molecule has 0 heterocycles. The van der Waals surface area contributed by atoms with Gasteiger partial charge in [0.05, 0.1) is 6.61 Å². The van der Waals surface area contributed by atoms with Gasteiger partial charge in [-0.2, -0.15) is 0 Å². The van der Waals surface area contributed by atoms with Gasteiger partial charge >= 0.3 is 17.9 Å². The molecule has 0 aliphatic heterocycles. The molecule has 0 amide bonds. The van der Waals surface area contributed by atoms with E-state index in [1.165, 1.54) is 0 Å². The van der Waals surface area contributed by atoms with Crippen LogP contribution in [0.5, 0.6) is 0 Å². The van der Waals surface area contributed by atoms with E-state index in [4.69, 9.17) is 9.47 Å². The topological polar surface area (TPSA) is 69.7 Å². The van der Waals surface area contributed by atoms with Crippen molar-refractivity contribution in [1.29, 1.82) is 0 Å². The van der Waals surface area contributed by atoms with Crippen LogP contribution < -0.4 is 0 Å². The van der Waals surface area contributed by atoms with Crippen molar-refractivity contribution in [3.63, 3.8) is 0 Å². The lowest BCUT2D eigenvalue weighted by Gasteiger charge is -2.08. The number of carbonyl (C=O) groups excluding carboxylic acids is 3. The lowest BCUT2D eigenvalue weighted by molar-refractivity contribution is -0.160. The molecule has 5 nitrogen and oxygen atoms in total. The molecule has 0 radical (unpaired) electrons. The molecule has 0 unspecified atom stereocenters. The van der Waals surface area contributed by atoms with Crippen molar-refractivity contribution in [3.8, 4) is 0 Å². The fourth-order valence-corrected chi connectivity index (χ4v) is 2.17. The Bertz CT molecular complexity index is 380. The molecule has 0 spiro atoms. The van der Waals surface area contributed by atoms with E-state index in [1.807, 2.05) is 0 Å². The third-order valence-corrected chi connectivity index (χ3v) is 3.26. The highest BCUT2D eigenvalue weighted by atomic mass is 16.6. The molecule has 1 aliphatic rings. The summed E-state index contributed by atoms with van der Waals surface area (Å²) in [5, 5.41) is 0. The lowest BCUT2D eigenvalue weighted by atomic mass is 10.0. The minimum Gasteiger partial charge on any atom is -0.462 e. The van der Waals surface area contributed by atoms with Crippen molar-refractivity contribution < 1.29 is 23.9 Å². The van der Waals surface area contributed by atoms with E-state index in [-0.39, 0.29) is 13.0 Å². The standard InChI is InChI=1S/C15H22O5/c1-11(2)15(18)19-9-5-8-13(16)20-14(17)10-12-6-3-4-7-12/h12H,1,3-10H2,2H3. The Morgan fingerprint density at radius 3 is 2.40 bits per heavy atom. The monoisotopic (exact) mass is 282 g/mol. The van der Waals surface area contributed by atoms with Gasteiger partial charge in [0.1, 0.15) is 0 Å². The molecule has 0 aromatic rings. The van der Waals surface area contributed by atoms with E-state index in [9.17, 15) is 14.4 Å². The van der Waals surface area contributed by atoms with Gasteiger partial charge in [-0.05, 0) is 32.1 Å². The van der Waals surface area contributed by atoms with Gasteiger partial charge in [-0.15, -0.1) is 0 Å². The Hall–Kier alpha value is -1.65. The molecule has 112 valence electrons. The summed E-state index contributed by atoms with van der Waals surface area (Å²) >= 11 is 0. The molecule has 1 saturated carbocycles. The molecule has 0 atom stereocenters. The molecule has 1 rings (SSSR count). The maximum absolute atomic E-state index is 11.5. The van der Waals surface area contributed by atoms with Gasteiger partial charge < -0.3 is 9.47 Å². The number of carbonyl (C=O) groups is 3. The second-order valence-electron chi connectivity index (χ2n) is 5.22. The Labute approximate surface area is 119 Å². The number of hydrogen-bond acceptors (Lipinski definition) is 5. The zero-order valence-electron chi connectivity index (χ0n) is 12.0. The fourth-order valence-electron chi connectivity index (χ4n) is 2.17. The van der Waals surface area contributed by atoms with Crippen LogP contribution in [0.2, 0.25) is 0 Å². The highest BCUT2D eigenvalue weighted by Gasteiger charge is 2.20. The third-order valence-electron chi connectivity index (χ3n) is 3.26. The van der Waals surface area contributed by atoms with Gasteiger partial charge in [0.15, 0.2) is 0 Å². The van der Waals surface area contributed by atoms with Crippen molar-refractivity contribution in [2.75, 3.05) is 6.61 Å². The molecule has 0 saturated heterocycles. The van der Waals surface area contributed by atoms with E-state index in [0.29, 0.717) is 24.3 Å². The minimum absolute atomic E-state index is 0.0693. The Kier molecular flexibility index (Phi) is 6.98. The van der Waals surface area contributed by atoms with E-state index in [1.54, 1.807) is 6.92 Å². The van der Waals surface area contributed by atoms with E-state index < -0.39 is 17.9 Å². The first-order chi connectivity index (χ1) is 9.49. The van der Waals surface area contributed by atoms with Gasteiger partial charge in [-0.25, -0.2) is 4.79 Å². The normalized spacial score (nSPS) is 14.8. The number of hydrogen-bond donors (Lipinski definition) is 0. The Balaban J connectivity index is 2.08. The zero-order valence-corrected chi connectivity index (χ0v) is 12.0. The highest BCUT2D eigenvalue weighted by Crippen LogP contribution is 2.27. The van der Waals surface area contributed by atoms with Crippen LogP contribution in [0, 0.1) is 5.92 Å². The molecule has 0 N–H and O–H groups in total. The first-order valence-electron chi connectivity index (χ1n) is 7.05. The van der Waals surface area contributed by atoms with Crippen molar-refractivity contribution in [2.24, 2.45) is 5.92 Å². The van der Waals surface area contributed by atoms with Crippen LogP contribution in [0.4, 0.5) is 0 Å². The summed E-state index contributed by atoms with van der Waals surface area (Å²) in [7, 11) is 0. The summed E-state index contributed by atoms with van der Waals surface area (Å²) in [4.78, 5) is 34.0. The van der Waals surface area contributed by atoms with Crippen LogP contribution in [0.1, 0.15) is 51.9 Å². The van der Waals surface area contributed by atoms with Crippen LogP contribution in [0.3, 0.4) is 0 Å². The predicted octanol–water partition coefficient (Wildman–Crippen LogP) is 2.54. The van der Waals surface area contributed by atoms with Crippen LogP contribution in [0.25, 0.3) is 0 Å². The molecule has 20 heavy (non-hydrogen) atoms. The van der Waals surface area contributed by atoms with Crippen molar-refractivity contribution in [3.05, 3.63) is 12.2 Å². The summed E-state index contributed by atoms with van der Waals surface area (Å²) in [5.74, 6) is -1.11. The molecule has 0 aromatic carbocycles. The van der Waals surface area contributed by atoms with Gasteiger partial charge in [-0.1, -0.05) is 19.4 Å². The average molecular weight is 282 g/mol. The summed E-state index contributed by atoms with van der Waals surface area (Å²) in [6.07, 6.45) is 5.13. The van der Waals surface area contributed by atoms with Crippen molar-refractivity contribution in [2.45, 2.75) is 51.9 Å². The zero-order chi connectivity index (χ0) is 15.0. The lowest BCUT2D eigenvalue weighted by Crippen LogP contribution is -2.15. The fraction of sp³-hybridized carbons (Fsp3) is 0.667. The second kappa shape index (κ2) is 8.51. The maximum atomic E-state index is 11.5. The van der Waals surface area contributed by atoms with Gasteiger partial charge in [0.25, 0.3) is 0 Å². The SMILES string of the molecule is C=C(C)C(=O)OCCCC(=O)OC(=O)CC1CCCC1. The second-order valence-corrected chi connectivity index (χ2v) is 5.22. The van der Waals surface area contributed by atoms with E-state index >= 15 is 0 Å². The number of ether oxygens (including phenoxy) is 2. The molecule has 1 fully saturated rings. The largest absolute Gasteiger partial charge is 0.462 e. The number of rotatable bonds is 7. The first-order valence-corrected chi connectivity index (χ1v) is 7.05. The van der Waals surface area contributed by atoms with Gasteiger partial charge in [0.2, 0.25) is 0 Å². The Morgan fingerprint density at radius 2 is 1.80 bits per heavy atom. The average Bonchev–Trinajstić information content (AvgIpc) is 2.86. The summed E-state index contributed by atoms with van der Waals surface area (Å²) in [6, 6.07) is 0. The first kappa shape index (κ1) is 16.4. The molecule has 0 bridgehead atoms.